The third-order valence-electron chi connectivity index (χ3n) is 9.32. The van der Waals surface area contributed by atoms with Gasteiger partial charge in [-0.2, -0.15) is 11.8 Å². The molecular formula is C40H42Cl4N4O4S. The second-order valence-electron chi connectivity index (χ2n) is 13.3. The number of rotatable bonds is 11. The van der Waals surface area contributed by atoms with Crippen molar-refractivity contribution in [3.63, 3.8) is 0 Å². The van der Waals surface area contributed by atoms with Gasteiger partial charge in [-0.25, -0.2) is 4.79 Å². The van der Waals surface area contributed by atoms with Crippen LogP contribution in [0.5, 0.6) is 0 Å². The highest BCUT2D eigenvalue weighted by molar-refractivity contribution is 8.00. The molecule has 8 nitrogen and oxygen atoms in total. The zero-order valence-electron chi connectivity index (χ0n) is 29.5. The molecule has 4 atom stereocenters. The molecule has 3 amide bonds. The lowest BCUT2D eigenvalue weighted by Gasteiger charge is -2.33. The van der Waals surface area contributed by atoms with Crippen LogP contribution in [0.15, 0.2) is 77.9 Å². The number of nitrogens with one attached hydrogen (secondary N) is 3. The SMILES string of the molecule is CC(=O)CCCC[C@@H]1SCC2NC(=O)NC21.CN[C@@H](Cc1ccccc1)C(=O)N1C/C(=C\c2ccc(Cl)c(Cl)c2)C(=O)/C(=C/c2ccc(Cl)c(Cl)c2)C1. The minimum absolute atomic E-state index is 0.0240. The first kappa shape index (κ1) is 40.9. The van der Waals surface area contributed by atoms with E-state index in [4.69, 9.17) is 46.4 Å². The molecule has 3 N–H and O–H groups in total. The molecule has 3 heterocycles. The van der Waals surface area contributed by atoms with Crippen molar-refractivity contribution in [3.8, 4) is 0 Å². The number of unbranched alkanes of at least 4 members (excludes halogenated alkanes) is 1. The van der Waals surface area contributed by atoms with Crippen LogP contribution in [0.25, 0.3) is 12.2 Å². The first-order valence-corrected chi connectivity index (χ1v) is 20.0. The van der Waals surface area contributed by atoms with Crippen LogP contribution >= 0.6 is 58.2 Å². The molecule has 3 aromatic rings. The number of Topliss-reactive ketones (excluding diaryl/α,β-unsaturated/α-hetero) is 2. The predicted octanol–water partition coefficient (Wildman–Crippen LogP) is 8.31. The molecule has 3 fully saturated rings. The number of halogens is 4. The van der Waals surface area contributed by atoms with Crippen molar-refractivity contribution >= 4 is 93.8 Å². The maximum Gasteiger partial charge on any atom is 0.315 e. The number of hydrogen-bond donors (Lipinski definition) is 3. The third kappa shape index (κ3) is 11.4. The van der Waals surface area contributed by atoms with Crippen molar-refractivity contribution in [2.45, 2.75) is 62.4 Å². The largest absolute Gasteiger partial charge is 0.332 e. The zero-order chi connectivity index (χ0) is 38.1. The number of piperidine rings is 1. The van der Waals surface area contributed by atoms with E-state index < -0.39 is 6.04 Å². The smallest absolute Gasteiger partial charge is 0.315 e. The minimum Gasteiger partial charge on any atom is -0.332 e. The van der Waals surface area contributed by atoms with Gasteiger partial charge in [-0.05, 0) is 86.3 Å². The van der Waals surface area contributed by atoms with E-state index >= 15 is 0 Å². The maximum absolute atomic E-state index is 13.7. The van der Waals surface area contributed by atoms with E-state index in [1.807, 2.05) is 42.1 Å². The summed E-state index contributed by atoms with van der Waals surface area (Å²) in [6.45, 7) is 1.98. The lowest BCUT2D eigenvalue weighted by Crippen LogP contribution is -2.50. The van der Waals surface area contributed by atoms with Crippen LogP contribution in [0, 0.1) is 0 Å². The van der Waals surface area contributed by atoms with E-state index in [-0.39, 0.29) is 36.6 Å². The Balaban J connectivity index is 0.000000281. The Labute approximate surface area is 335 Å². The van der Waals surface area contributed by atoms with Gasteiger partial charge < -0.3 is 25.6 Å². The Morgan fingerprint density at radius 3 is 2.02 bits per heavy atom. The Bertz CT molecular complexity index is 1820. The molecule has 0 aromatic heterocycles. The molecule has 6 rings (SSSR count). The molecule has 0 aliphatic carbocycles. The first-order chi connectivity index (χ1) is 25.4. The summed E-state index contributed by atoms with van der Waals surface area (Å²) in [7, 11) is 1.76. The average Bonchev–Trinajstić information content (AvgIpc) is 3.69. The Morgan fingerprint density at radius 2 is 1.47 bits per heavy atom. The van der Waals surface area contributed by atoms with Crippen molar-refractivity contribution in [2.75, 3.05) is 25.9 Å². The fourth-order valence-electron chi connectivity index (χ4n) is 6.55. The minimum atomic E-state index is -0.451. The van der Waals surface area contributed by atoms with Crippen LogP contribution in [0.4, 0.5) is 4.79 Å². The highest BCUT2D eigenvalue weighted by Crippen LogP contribution is 2.33. The van der Waals surface area contributed by atoms with Crippen LogP contribution in [0.2, 0.25) is 20.1 Å². The van der Waals surface area contributed by atoms with Crippen LogP contribution in [-0.4, -0.2) is 77.7 Å². The second kappa shape index (κ2) is 19.3. The predicted molar refractivity (Wildman–Crippen MR) is 218 cm³/mol. The van der Waals surface area contributed by atoms with E-state index in [0.29, 0.717) is 61.4 Å². The van der Waals surface area contributed by atoms with Crippen molar-refractivity contribution in [1.82, 2.24) is 20.9 Å². The van der Waals surface area contributed by atoms with Gasteiger partial charge in [0.05, 0.1) is 38.2 Å². The number of carbonyl (C=O) groups is 4. The van der Waals surface area contributed by atoms with Gasteiger partial charge in [0.2, 0.25) is 5.91 Å². The number of amides is 3. The molecule has 0 saturated carbocycles. The summed E-state index contributed by atoms with van der Waals surface area (Å²) in [6, 6.07) is 20.3. The quantitative estimate of drug-likeness (QED) is 0.102. The molecule has 0 radical (unpaired) electrons. The van der Waals surface area contributed by atoms with Gasteiger partial charge in [0, 0.05) is 41.7 Å². The van der Waals surface area contributed by atoms with Gasteiger partial charge in [-0.15, -0.1) is 0 Å². The highest BCUT2D eigenvalue weighted by Gasteiger charge is 2.42. The highest BCUT2D eigenvalue weighted by atomic mass is 35.5. The number of carbonyl (C=O) groups excluding carboxylic acids is 4. The number of fused-ring (bicyclic) bond motifs is 1. The number of benzene rings is 3. The van der Waals surface area contributed by atoms with E-state index in [0.717, 1.165) is 41.7 Å². The molecule has 2 unspecified atom stereocenters. The Kier molecular flexibility index (Phi) is 14.9. The normalized spacial score (nSPS) is 21.5. The van der Waals surface area contributed by atoms with E-state index in [9.17, 15) is 19.2 Å². The molecule has 0 bridgehead atoms. The van der Waals surface area contributed by atoms with Crippen LogP contribution in [0.1, 0.15) is 49.3 Å². The molecule has 3 saturated heterocycles. The summed E-state index contributed by atoms with van der Waals surface area (Å²) in [6.07, 6.45) is 7.87. The van der Waals surface area contributed by atoms with Crippen LogP contribution in [0.3, 0.4) is 0 Å². The molecular weight excluding hydrogens is 774 g/mol. The molecule has 13 heteroatoms. The molecule has 0 spiro atoms. The molecule has 53 heavy (non-hydrogen) atoms. The summed E-state index contributed by atoms with van der Waals surface area (Å²) in [5, 5.41) is 11.2. The average molecular weight is 817 g/mol. The van der Waals surface area contributed by atoms with Gasteiger partial charge in [0.1, 0.15) is 5.78 Å². The Hall–Kier alpha value is -3.31. The fraction of sp³-hybridized carbons (Fsp3) is 0.350. The van der Waals surface area contributed by atoms with Gasteiger partial charge in [-0.1, -0.05) is 95.3 Å². The van der Waals surface area contributed by atoms with Gasteiger partial charge >= 0.3 is 6.03 Å². The summed E-state index contributed by atoms with van der Waals surface area (Å²) < 4.78 is 0. The summed E-state index contributed by atoms with van der Waals surface area (Å²) in [4.78, 5) is 50.8. The zero-order valence-corrected chi connectivity index (χ0v) is 33.3. The monoisotopic (exact) mass is 814 g/mol. The summed E-state index contributed by atoms with van der Waals surface area (Å²) in [5.41, 5.74) is 3.42. The fourth-order valence-corrected chi connectivity index (χ4v) is 8.70. The number of ketones is 2. The second-order valence-corrected chi connectivity index (χ2v) is 16.2. The molecule has 280 valence electrons. The van der Waals surface area contributed by atoms with Crippen molar-refractivity contribution in [2.24, 2.45) is 0 Å². The van der Waals surface area contributed by atoms with Crippen molar-refractivity contribution < 1.29 is 19.2 Å². The Morgan fingerprint density at radius 1 is 0.868 bits per heavy atom. The number of likely N-dealkylation sites (tertiary alicyclic amines) is 1. The number of hydrogen-bond acceptors (Lipinski definition) is 6. The third-order valence-corrected chi connectivity index (χ3v) is 12.3. The topological polar surface area (TPSA) is 108 Å². The summed E-state index contributed by atoms with van der Waals surface area (Å²) >= 11 is 26.4. The van der Waals surface area contributed by atoms with Gasteiger partial charge in [-0.3, -0.25) is 9.59 Å². The first-order valence-electron chi connectivity index (χ1n) is 17.5. The standard InChI is InChI=1S/C29H24Cl4N2O2.C11H18N2O2S/c1-34-27(15-18-5-3-2-4-6-18)29(37)35-16-21(11-19-7-9-23(30)25(32)13-19)28(36)22(17-35)12-20-8-10-24(31)26(33)14-20;1-7(14)4-2-3-5-9-10-8(6-16-9)12-11(15)13-10/h2-14,27,34H,15-17H2,1H3;8-10H,2-6H2,1H3,(H2,12,13,15)/b21-11+,22-12+;/t27-;8?,9-,10?/m00/s1. The lowest BCUT2D eigenvalue weighted by atomic mass is 9.93. The number of nitrogens with zero attached hydrogens (tertiary/aromatic N) is 1. The van der Waals surface area contributed by atoms with E-state index in [1.165, 1.54) is 0 Å². The maximum atomic E-state index is 13.7. The number of urea groups is 1. The lowest BCUT2D eigenvalue weighted by molar-refractivity contribution is -0.133. The molecule has 3 aromatic carbocycles. The summed E-state index contributed by atoms with van der Waals surface area (Å²) in [5.74, 6) is 1.04. The van der Waals surface area contributed by atoms with E-state index in [1.54, 1.807) is 67.4 Å². The van der Waals surface area contributed by atoms with E-state index in [2.05, 4.69) is 16.0 Å². The molecule has 3 aliphatic rings. The van der Waals surface area contributed by atoms with Gasteiger partial charge in [0.15, 0.2) is 5.78 Å². The van der Waals surface area contributed by atoms with Crippen LogP contribution in [-0.2, 0) is 20.8 Å². The van der Waals surface area contributed by atoms with Crippen molar-refractivity contribution in [3.05, 3.63) is 115 Å². The number of likely N-dealkylation sites (N-methyl/N-ethyl adjacent to an activating group) is 1. The molecule has 3 aliphatic heterocycles. The van der Waals surface area contributed by atoms with Crippen LogP contribution < -0.4 is 16.0 Å². The number of thioether (sulfide) groups is 1. The van der Waals surface area contributed by atoms with Gasteiger partial charge in [0.25, 0.3) is 0 Å². The van der Waals surface area contributed by atoms with Crippen molar-refractivity contribution in [1.29, 1.82) is 0 Å².